The van der Waals surface area contributed by atoms with Gasteiger partial charge in [-0.2, -0.15) is 0 Å². The van der Waals surface area contributed by atoms with Crippen LogP contribution in [0.25, 0.3) is 0 Å². The SMILES string of the molecule is CCS(=O)(=O)N1CCCC(C(=O)N2CCNCC2c2nccn2C)C1. The Morgan fingerprint density at radius 3 is 2.88 bits per heavy atom. The van der Waals surface area contributed by atoms with Crippen molar-refractivity contribution in [2.75, 3.05) is 38.5 Å². The molecule has 0 aromatic carbocycles. The summed E-state index contributed by atoms with van der Waals surface area (Å²) in [5.74, 6) is 0.716. The Morgan fingerprint density at radius 1 is 1.40 bits per heavy atom. The number of imidazole rings is 1. The number of nitrogens with one attached hydrogen (secondary N) is 1. The topological polar surface area (TPSA) is 87.5 Å². The number of rotatable bonds is 4. The van der Waals surface area contributed by atoms with E-state index >= 15 is 0 Å². The lowest BCUT2D eigenvalue weighted by molar-refractivity contribution is -0.140. The molecule has 2 atom stereocenters. The third-order valence-electron chi connectivity index (χ3n) is 5.17. The molecule has 0 spiro atoms. The summed E-state index contributed by atoms with van der Waals surface area (Å²) in [6, 6.07) is -0.112. The summed E-state index contributed by atoms with van der Waals surface area (Å²) in [7, 11) is -1.32. The molecular weight excluding hydrogens is 342 g/mol. The standard InChI is InChI=1S/C16H27N5O3S/c1-3-25(23,24)20-8-4-5-13(12-20)16(22)21-10-6-17-11-14(21)15-18-7-9-19(15)2/h7,9,13-14,17H,3-6,8,10-12H2,1-2H3. The van der Waals surface area contributed by atoms with Crippen molar-refractivity contribution in [2.24, 2.45) is 13.0 Å². The third kappa shape index (κ3) is 3.73. The van der Waals surface area contributed by atoms with Gasteiger partial charge in [0.05, 0.1) is 11.7 Å². The summed E-state index contributed by atoms with van der Waals surface area (Å²) in [6.45, 7) is 4.49. The minimum Gasteiger partial charge on any atom is -0.336 e. The van der Waals surface area contributed by atoms with Crippen LogP contribution in [0.2, 0.25) is 0 Å². The van der Waals surface area contributed by atoms with Crippen molar-refractivity contribution in [3.8, 4) is 0 Å². The number of piperidine rings is 1. The number of piperazine rings is 1. The van der Waals surface area contributed by atoms with Crippen LogP contribution in [-0.2, 0) is 21.9 Å². The maximum Gasteiger partial charge on any atom is 0.227 e. The molecule has 0 saturated carbocycles. The molecule has 2 unspecified atom stereocenters. The first-order valence-corrected chi connectivity index (χ1v) is 10.5. The van der Waals surface area contributed by atoms with Gasteiger partial charge in [-0.15, -0.1) is 0 Å². The van der Waals surface area contributed by atoms with Crippen molar-refractivity contribution in [1.82, 2.24) is 24.1 Å². The van der Waals surface area contributed by atoms with E-state index in [-0.39, 0.29) is 23.6 Å². The van der Waals surface area contributed by atoms with Crippen molar-refractivity contribution < 1.29 is 13.2 Å². The molecular formula is C16H27N5O3S. The molecule has 1 N–H and O–H groups in total. The summed E-state index contributed by atoms with van der Waals surface area (Å²) < 4.78 is 27.8. The van der Waals surface area contributed by atoms with Crippen LogP contribution in [0, 0.1) is 5.92 Å². The van der Waals surface area contributed by atoms with Gasteiger partial charge in [0.25, 0.3) is 0 Å². The Labute approximate surface area is 149 Å². The minimum absolute atomic E-state index is 0.0468. The fourth-order valence-corrected chi connectivity index (χ4v) is 4.89. The highest BCUT2D eigenvalue weighted by atomic mass is 32.2. The van der Waals surface area contributed by atoms with E-state index in [2.05, 4.69) is 10.3 Å². The smallest absolute Gasteiger partial charge is 0.227 e. The molecule has 1 aromatic rings. The minimum atomic E-state index is -3.25. The van der Waals surface area contributed by atoms with Gasteiger partial charge in [-0.05, 0) is 19.8 Å². The Bertz CT molecular complexity index is 717. The van der Waals surface area contributed by atoms with E-state index in [0.717, 1.165) is 25.2 Å². The lowest BCUT2D eigenvalue weighted by atomic mass is 9.96. The average Bonchev–Trinajstić information content (AvgIpc) is 3.07. The summed E-state index contributed by atoms with van der Waals surface area (Å²) >= 11 is 0. The maximum atomic E-state index is 13.2. The van der Waals surface area contributed by atoms with E-state index in [1.54, 1.807) is 13.1 Å². The van der Waals surface area contributed by atoms with Crippen LogP contribution in [0.3, 0.4) is 0 Å². The monoisotopic (exact) mass is 369 g/mol. The van der Waals surface area contributed by atoms with Crippen LogP contribution in [0.15, 0.2) is 12.4 Å². The number of hydrogen-bond donors (Lipinski definition) is 1. The van der Waals surface area contributed by atoms with Crippen molar-refractivity contribution in [3.05, 3.63) is 18.2 Å². The molecule has 3 heterocycles. The zero-order valence-electron chi connectivity index (χ0n) is 14.9. The van der Waals surface area contributed by atoms with E-state index in [1.165, 1.54) is 4.31 Å². The number of carbonyl (C=O) groups excluding carboxylic acids is 1. The number of carbonyl (C=O) groups is 1. The summed E-state index contributed by atoms with van der Waals surface area (Å²) in [5.41, 5.74) is 0. The number of aromatic nitrogens is 2. The van der Waals surface area contributed by atoms with Crippen LogP contribution in [-0.4, -0.2) is 71.6 Å². The molecule has 2 saturated heterocycles. The number of nitrogens with zero attached hydrogens (tertiary/aromatic N) is 4. The molecule has 25 heavy (non-hydrogen) atoms. The third-order valence-corrected chi connectivity index (χ3v) is 7.02. The second-order valence-electron chi connectivity index (χ2n) is 6.75. The van der Waals surface area contributed by atoms with Gasteiger partial charge in [0.2, 0.25) is 15.9 Å². The van der Waals surface area contributed by atoms with Crippen LogP contribution in [0.4, 0.5) is 0 Å². The van der Waals surface area contributed by atoms with E-state index in [0.29, 0.717) is 26.2 Å². The molecule has 1 amide bonds. The normalized spacial score (nSPS) is 25.9. The molecule has 0 aliphatic carbocycles. The Hall–Kier alpha value is -1.45. The van der Waals surface area contributed by atoms with Gasteiger partial charge >= 0.3 is 0 Å². The predicted molar refractivity (Wildman–Crippen MR) is 94.3 cm³/mol. The highest BCUT2D eigenvalue weighted by Gasteiger charge is 2.37. The second-order valence-corrected chi connectivity index (χ2v) is 9.00. The lowest BCUT2D eigenvalue weighted by Crippen LogP contribution is -2.53. The van der Waals surface area contributed by atoms with E-state index in [4.69, 9.17) is 0 Å². The Balaban J connectivity index is 1.77. The zero-order valence-corrected chi connectivity index (χ0v) is 15.7. The zero-order chi connectivity index (χ0) is 18.0. The van der Waals surface area contributed by atoms with Crippen LogP contribution in [0.1, 0.15) is 31.6 Å². The number of amides is 1. The highest BCUT2D eigenvalue weighted by molar-refractivity contribution is 7.89. The van der Waals surface area contributed by atoms with Crippen LogP contribution < -0.4 is 5.32 Å². The average molecular weight is 369 g/mol. The highest BCUT2D eigenvalue weighted by Crippen LogP contribution is 2.27. The van der Waals surface area contributed by atoms with E-state index in [1.807, 2.05) is 22.7 Å². The van der Waals surface area contributed by atoms with Gasteiger partial charge in [-0.25, -0.2) is 17.7 Å². The van der Waals surface area contributed by atoms with Gasteiger partial charge in [0.15, 0.2) is 0 Å². The van der Waals surface area contributed by atoms with Gasteiger partial charge in [-0.1, -0.05) is 0 Å². The lowest BCUT2D eigenvalue weighted by Gasteiger charge is -2.40. The fraction of sp³-hybridized carbons (Fsp3) is 0.750. The molecule has 1 aromatic heterocycles. The van der Waals surface area contributed by atoms with Crippen molar-refractivity contribution in [1.29, 1.82) is 0 Å². The van der Waals surface area contributed by atoms with Crippen LogP contribution >= 0.6 is 0 Å². The Morgan fingerprint density at radius 2 is 2.20 bits per heavy atom. The molecule has 140 valence electrons. The van der Waals surface area contributed by atoms with Crippen molar-refractivity contribution in [3.63, 3.8) is 0 Å². The quantitative estimate of drug-likeness (QED) is 0.804. The van der Waals surface area contributed by atoms with E-state index < -0.39 is 10.0 Å². The molecule has 0 bridgehead atoms. The summed E-state index contributed by atoms with van der Waals surface area (Å²) in [6.07, 6.45) is 5.09. The molecule has 2 aliphatic heterocycles. The fourth-order valence-electron chi connectivity index (χ4n) is 3.71. The van der Waals surface area contributed by atoms with E-state index in [9.17, 15) is 13.2 Å². The first-order chi connectivity index (χ1) is 11.9. The van der Waals surface area contributed by atoms with Gasteiger partial charge in [0, 0.05) is 52.2 Å². The van der Waals surface area contributed by atoms with Gasteiger partial charge in [-0.3, -0.25) is 4.79 Å². The molecule has 8 nitrogen and oxygen atoms in total. The predicted octanol–water partition coefficient (Wildman–Crippen LogP) is -0.0453. The summed E-state index contributed by atoms with van der Waals surface area (Å²) in [5, 5.41) is 3.33. The molecule has 9 heteroatoms. The van der Waals surface area contributed by atoms with Crippen molar-refractivity contribution >= 4 is 15.9 Å². The summed E-state index contributed by atoms with van der Waals surface area (Å²) in [4.78, 5) is 19.5. The Kier molecular flexibility index (Phi) is 5.45. The van der Waals surface area contributed by atoms with Gasteiger partial charge < -0.3 is 14.8 Å². The van der Waals surface area contributed by atoms with Crippen molar-refractivity contribution in [2.45, 2.75) is 25.8 Å². The largest absolute Gasteiger partial charge is 0.336 e. The molecule has 3 rings (SSSR count). The number of aryl methyl sites for hydroxylation is 1. The van der Waals surface area contributed by atoms with Gasteiger partial charge in [0.1, 0.15) is 11.9 Å². The maximum absolute atomic E-state index is 13.2. The van der Waals surface area contributed by atoms with Crippen LogP contribution in [0.5, 0.6) is 0 Å². The first kappa shape index (κ1) is 18.3. The first-order valence-electron chi connectivity index (χ1n) is 8.90. The second kappa shape index (κ2) is 7.43. The number of hydrogen-bond acceptors (Lipinski definition) is 5. The molecule has 0 radical (unpaired) electrons. The molecule has 2 aliphatic rings. The molecule has 2 fully saturated rings. The number of sulfonamides is 1.